The summed E-state index contributed by atoms with van der Waals surface area (Å²) in [6.45, 7) is 1.73. The van der Waals surface area contributed by atoms with Crippen LogP contribution >= 0.6 is 11.6 Å². The van der Waals surface area contributed by atoms with Crippen molar-refractivity contribution in [1.82, 2.24) is 15.0 Å². The molecule has 2 N–H and O–H groups in total. The summed E-state index contributed by atoms with van der Waals surface area (Å²) < 4.78 is 18.9. The van der Waals surface area contributed by atoms with Crippen molar-refractivity contribution in [3.8, 4) is 11.6 Å². The highest BCUT2D eigenvalue weighted by Gasteiger charge is 2.37. The zero-order chi connectivity index (χ0) is 22.8. The second-order valence-electron chi connectivity index (χ2n) is 6.98. The van der Waals surface area contributed by atoms with E-state index in [0.29, 0.717) is 28.7 Å². The molecule has 0 spiro atoms. The molecule has 164 valence electrons. The lowest BCUT2D eigenvalue weighted by molar-refractivity contribution is -0.113. The summed E-state index contributed by atoms with van der Waals surface area (Å²) >= 11 is 5.82. The van der Waals surface area contributed by atoms with Gasteiger partial charge in [0.15, 0.2) is 6.23 Å². The summed E-state index contributed by atoms with van der Waals surface area (Å²) in [5, 5.41) is 17.0. The summed E-state index contributed by atoms with van der Waals surface area (Å²) in [5.41, 5.74) is 1.82. The van der Waals surface area contributed by atoms with Crippen LogP contribution in [0.3, 0.4) is 0 Å². The van der Waals surface area contributed by atoms with Crippen LogP contribution in [0.15, 0.2) is 72.2 Å². The molecule has 1 unspecified atom stereocenters. The van der Waals surface area contributed by atoms with Crippen LogP contribution in [-0.2, 0) is 4.79 Å². The number of ether oxygens (including phenoxy) is 1. The van der Waals surface area contributed by atoms with Crippen LogP contribution < -0.4 is 15.1 Å². The van der Waals surface area contributed by atoms with Crippen LogP contribution in [0.1, 0.15) is 6.92 Å². The fourth-order valence-corrected chi connectivity index (χ4v) is 3.43. The third kappa shape index (κ3) is 4.34. The van der Waals surface area contributed by atoms with Crippen LogP contribution in [0, 0.1) is 5.82 Å². The molecular weight excluding hydrogens is 437 g/mol. The van der Waals surface area contributed by atoms with Gasteiger partial charge in [-0.05, 0) is 55.5 Å². The van der Waals surface area contributed by atoms with Gasteiger partial charge in [-0.2, -0.15) is 0 Å². The molecule has 2 heterocycles. The molecule has 3 aromatic rings. The van der Waals surface area contributed by atoms with Gasteiger partial charge in [0.1, 0.15) is 23.0 Å². The van der Waals surface area contributed by atoms with E-state index in [9.17, 15) is 14.3 Å². The average molecular weight is 456 g/mol. The van der Waals surface area contributed by atoms with Gasteiger partial charge in [0.25, 0.3) is 5.91 Å². The lowest BCUT2D eigenvalue weighted by Crippen LogP contribution is -2.41. The number of nitrogens with one attached hydrogen (secondary N) is 1. The van der Waals surface area contributed by atoms with Crippen LogP contribution in [0.25, 0.3) is 0 Å². The van der Waals surface area contributed by atoms with Gasteiger partial charge in [-0.3, -0.25) is 14.8 Å². The Balaban J connectivity index is 1.46. The Kier molecular flexibility index (Phi) is 5.93. The van der Waals surface area contributed by atoms with Gasteiger partial charge in [0.2, 0.25) is 5.88 Å². The summed E-state index contributed by atoms with van der Waals surface area (Å²) in [5.74, 6) is -0.0532. The largest absolute Gasteiger partial charge is 0.439 e. The first-order valence-corrected chi connectivity index (χ1v) is 9.95. The maximum Gasteiger partial charge on any atom is 0.258 e. The first kappa shape index (κ1) is 21.5. The number of nitrogens with zero attached hydrogens (tertiary/aromatic N) is 4. The van der Waals surface area contributed by atoms with Gasteiger partial charge in [-0.25, -0.2) is 14.4 Å². The van der Waals surface area contributed by atoms with Crippen LogP contribution in [0.4, 0.5) is 15.8 Å². The predicted octanol–water partition coefficient (Wildman–Crippen LogP) is 3.96. The monoisotopic (exact) mass is 455 g/mol. The molecule has 1 aromatic heterocycles. The van der Waals surface area contributed by atoms with Crippen molar-refractivity contribution in [2.45, 2.75) is 13.2 Å². The molecule has 10 heteroatoms. The fraction of sp³-hybridized carbons (Fsp3) is 0.136. The molecule has 2 aromatic carbocycles. The number of carbonyl (C=O) groups is 1. The van der Waals surface area contributed by atoms with Gasteiger partial charge in [-0.1, -0.05) is 11.6 Å². The maximum atomic E-state index is 13.3. The molecule has 0 aliphatic carbocycles. The number of aromatic nitrogens is 2. The van der Waals surface area contributed by atoms with E-state index in [1.807, 2.05) is 0 Å². The van der Waals surface area contributed by atoms with Gasteiger partial charge in [0, 0.05) is 24.5 Å². The topological polar surface area (TPSA) is 90.8 Å². The van der Waals surface area contributed by atoms with Gasteiger partial charge in [0.05, 0.1) is 11.3 Å². The zero-order valence-electron chi connectivity index (χ0n) is 17.2. The summed E-state index contributed by atoms with van der Waals surface area (Å²) in [4.78, 5) is 20.7. The van der Waals surface area contributed by atoms with Crippen LogP contribution in [0.5, 0.6) is 11.6 Å². The third-order valence-corrected chi connectivity index (χ3v) is 5.17. The first-order chi connectivity index (χ1) is 15.3. The van der Waals surface area contributed by atoms with E-state index in [1.54, 1.807) is 43.2 Å². The summed E-state index contributed by atoms with van der Waals surface area (Å²) in [6.07, 6.45) is 0.0668. The first-order valence-electron chi connectivity index (χ1n) is 9.57. The molecule has 4 rings (SSSR count). The number of carbonyl (C=O) groups excluding carboxylic acids is 1. The van der Waals surface area contributed by atoms with E-state index in [2.05, 4.69) is 15.3 Å². The number of aliphatic hydroxyl groups is 1. The van der Waals surface area contributed by atoms with E-state index < -0.39 is 12.1 Å². The second kappa shape index (κ2) is 8.81. The molecule has 0 saturated heterocycles. The molecule has 0 fully saturated rings. The number of allylic oxidation sites excluding steroid dienone is 1. The number of benzene rings is 2. The van der Waals surface area contributed by atoms with Crippen molar-refractivity contribution in [2.75, 3.05) is 17.4 Å². The van der Waals surface area contributed by atoms with Crippen molar-refractivity contribution < 1.29 is 19.0 Å². The number of rotatable bonds is 5. The zero-order valence-corrected chi connectivity index (χ0v) is 17.9. The highest BCUT2D eigenvalue weighted by Crippen LogP contribution is 2.32. The van der Waals surface area contributed by atoms with Gasteiger partial charge in [-0.15, -0.1) is 0 Å². The molecule has 1 atom stereocenters. The Morgan fingerprint density at radius 3 is 2.50 bits per heavy atom. The number of amides is 1. The highest BCUT2D eigenvalue weighted by molar-refractivity contribution is 6.29. The minimum absolute atomic E-state index is 0.188. The standard InChI is InChI=1S/C22H19ClFN5O3/c1-13-20(22(31)29(28(13)2)16-7-3-14(24)4-8-16)21(30)27-15-5-9-17(10-6-15)32-19-11-18(23)25-12-26-19/h3-12,22,31H,1-2H3,(H,27,30). The number of aliphatic hydroxyl groups excluding tert-OH is 1. The minimum Gasteiger partial charge on any atom is -0.439 e. The molecule has 1 amide bonds. The van der Waals surface area contributed by atoms with E-state index >= 15 is 0 Å². The quantitative estimate of drug-likeness (QED) is 0.563. The van der Waals surface area contributed by atoms with Crippen molar-refractivity contribution in [3.05, 3.63) is 83.2 Å². The van der Waals surface area contributed by atoms with Crippen molar-refractivity contribution in [2.24, 2.45) is 0 Å². The molecule has 8 nitrogen and oxygen atoms in total. The highest BCUT2D eigenvalue weighted by atomic mass is 35.5. The van der Waals surface area contributed by atoms with Crippen LogP contribution in [-0.4, -0.2) is 39.3 Å². The average Bonchev–Trinajstić information content (AvgIpc) is 2.99. The van der Waals surface area contributed by atoms with Gasteiger partial charge < -0.3 is 15.2 Å². The maximum absolute atomic E-state index is 13.3. The van der Waals surface area contributed by atoms with E-state index in [4.69, 9.17) is 16.3 Å². The fourth-order valence-electron chi connectivity index (χ4n) is 3.30. The number of halogens is 2. The van der Waals surface area contributed by atoms with Crippen molar-refractivity contribution >= 4 is 28.9 Å². The smallest absolute Gasteiger partial charge is 0.258 e. The Hall–Kier alpha value is -3.69. The lowest BCUT2D eigenvalue weighted by Gasteiger charge is -2.31. The summed E-state index contributed by atoms with van der Waals surface area (Å²) in [7, 11) is 1.72. The Morgan fingerprint density at radius 1 is 1.16 bits per heavy atom. The number of hydrogen-bond donors (Lipinski definition) is 2. The molecular formula is C22H19ClFN5O3. The lowest BCUT2D eigenvalue weighted by atomic mass is 10.1. The minimum atomic E-state index is -1.23. The molecule has 0 bridgehead atoms. The van der Waals surface area contributed by atoms with Crippen molar-refractivity contribution in [3.63, 3.8) is 0 Å². The van der Waals surface area contributed by atoms with E-state index in [1.165, 1.54) is 41.7 Å². The molecule has 1 aliphatic heterocycles. The Morgan fingerprint density at radius 2 is 1.84 bits per heavy atom. The van der Waals surface area contributed by atoms with Crippen molar-refractivity contribution in [1.29, 1.82) is 0 Å². The Labute approximate surface area is 188 Å². The molecule has 0 radical (unpaired) electrons. The van der Waals surface area contributed by atoms with E-state index in [0.717, 1.165) is 0 Å². The second-order valence-corrected chi connectivity index (χ2v) is 7.36. The number of hydrazine groups is 1. The molecule has 1 aliphatic rings. The Bertz CT molecular complexity index is 1170. The summed E-state index contributed by atoms with van der Waals surface area (Å²) in [6, 6.07) is 13.8. The predicted molar refractivity (Wildman–Crippen MR) is 118 cm³/mol. The SMILES string of the molecule is CC1=C(C(=O)Nc2ccc(Oc3cc(Cl)ncn3)cc2)C(O)N(c2ccc(F)cc2)N1C. The van der Waals surface area contributed by atoms with Crippen LogP contribution in [0.2, 0.25) is 5.15 Å². The van der Waals surface area contributed by atoms with Gasteiger partial charge >= 0.3 is 0 Å². The molecule has 0 saturated carbocycles. The molecule has 32 heavy (non-hydrogen) atoms. The number of anilines is 2. The normalized spacial score (nSPS) is 15.8. The van der Waals surface area contributed by atoms with E-state index in [-0.39, 0.29) is 16.5 Å². The third-order valence-electron chi connectivity index (χ3n) is 4.97. The number of hydrogen-bond acceptors (Lipinski definition) is 7.